The van der Waals surface area contributed by atoms with Crippen LogP contribution in [0.3, 0.4) is 0 Å². The van der Waals surface area contributed by atoms with E-state index in [0.29, 0.717) is 11.3 Å². The minimum absolute atomic E-state index is 0.172. The molecule has 2 rings (SSSR count). The first-order valence-electron chi connectivity index (χ1n) is 5.84. The summed E-state index contributed by atoms with van der Waals surface area (Å²) in [7, 11) is 0. The summed E-state index contributed by atoms with van der Waals surface area (Å²) in [6, 6.07) is 9.01. The fraction of sp³-hybridized carbons (Fsp3) is 0.143. The number of nitrogens with zero attached hydrogens (tertiary/aromatic N) is 1. The van der Waals surface area contributed by atoms with Gasteiger partial charge in [0.15, 0.2) is 5.69 Å². The van der Waals surface area contributed by atoms with E-state index in [1.54, 1.807) is 31.2 Å². The van der Waals surface area contributed by atoms with Gasteiger partial charge in [-0.25, -0.2) is 9.37 Å². The predicted octanol–water partition coefficient (Wildman–Crippen LogP) is 2.29. The highest BCUT2D eigenvalue weighted by molar-refractivity contribution is 5.97. The van der Waals surface area contributed by atoms with Crippen molar-refractivity contribution in [2.24, 2.45) is 0 Å². The summed E-state index contributed by atoms with van der Waals surface area (Å²) in [4.78, 5) is 15.9. The second-order valence-corrected chi connectivity index (χ2v) is 4.19. The lowest BCUT2D eigenvalue weighted by atomic mass is 10.1. The average Bonchev–Trinajstić information content (AvgIpc) is 2.39. The van der Waals surface area contributed by atoms with Crippen molar-refractivity contribution in [1.82, 2.24) is 10.3 Å². The van der Waals surface area contributed by atoms with Gasteiger partial charge in [0, 0.05) is 6.20 Å². The minimum Gasteiger partial charge on any atom is -0.397 e. The van der Waals surface area contributed by atoms with Crippen LogP contribution in [-0.4, -0.2) is 10.9 Å². The molecule has 2 aromatic rings. The van der Waals surface area contributed by atoms with Crippen LogP contribution >= 0.6 is 0 Å². The van der Waals surface area contributed by atoms with Crippen LogP contribution in [0.4, 0.5) is 10.1 Å². The first kappa shape index (κ1) is 13.0. The minimum atomic E-state index is -0.380. The zero-order chi connectivity index (χ0) is 13.8. The van der Waals surface area contributed by atoms with E-state index < -0.39 is 0 Å². The van der Waals surface area contributed by atoms with Gasteiger partial charge in [-0.1, -0.05) is 12.1 Å². The standard InChI is InChI=1S/C14H14FN3O/c1-9(10-4-2-5-11(15)8-10)18-14(19)13-12(16)6-3-7-17-13/h2-9H,16H2,1H3,(H,18,19)/t9-/m0/s1. The van der Waals surface area contributed by atoms with E-state index in [4.69, 9.17) is 5.73 Å². The highest BCUT2D eigenvalue weighted by Gasteiger charge is 2.14. The van der Waals surface area contributed by atoms with Gasteiger partial charge in [-0.3, -0.25) is 4.79 Å². The molecule has 0 aliphatic heterocycles. The molecule has 0 unspecified atom stereocenters. The predicted molar refractivity (Wildman–Crippen MR) is 70.9 cm³/mol. The summed E-state index contributed by atoms with van der Waals surface area (Å²) in [5.74, 6) is -0.717. The first-order valence-corrected chi connectivity index (χ1v) is 5.84. The van der Waals surface area contributed by atoms with Crippen molar-refractivity contribution in [2.75, 3.05) is 5.73 Å². The fourth-order valence-corrected chi connectivity index (χ4v) is 1.73. The number of nitrogens with one attached hydrogen (secondary N) is 1. The van der Waals surface area contributed by atoms with Gasteiger partial charge >= 0.3 is 0 Å². The summed E-state index contributed by atoms with van der Waals surface area (Å²) in [5, 5.41) is 2.73. The van der Waals surface area contributed by atoms with Crippen LogP contribution in [0, 0.1) is 5.82 Å². The van der Waals surface area contributed by atoms with Gasteiger partial charge in [-0.05, 0) is 36.8 Å². The number of carbonyl (C=O) groups excluding carboxylic acids is 1. The Bertz CT molecular complexity index is 601. The number of carbonyl (C=O) groups is 1. The Morgan fingerprint density at radius 3 is 2.84 bits per heavy atom. The summed E-state index contributed by atoms with van der Waals surface area (Å²) in [6.45, 7) is 1.77. The lowest BCUT2D eigenvalue weighted by molar-refractivity contribution is 0.0936. The molecule has 0 fully saturated rings. The third-order valence-corrected chi connectivity index (χ3v) is 2.75. The number of hydrogen-bond acceptors (Lipinski definition) is 3. The summed E-state index contributed by atoms with van der Waals surface area (Å²) >= 11 is 0. The number of halogens is 1. The van der Waals surface area contributed by atoms with Crippen molar-refractivity contribution in [3.8, 4) is 0 Å². The van der Waals surface area contributed by atoms with Crippen molar-refractivity contribution >= 4 is 11.6 Å². The molecular weight excluding hydrogens is 245 g/mol. The van der Waals surface area contributed by atoms with Crippen LogP contribution in [0.2, 0.25) is 0 Å². The van der Waals surface area contributed by atoms with Crippen molar-refractivity contribution in [1.29, 1.82) is 0 Å². The molecule has 1 heterocycles. The molecule has 1 atom stereocenters. The van der Waals surface area contributed by atoms with Crippen LogP contribution in [-0.2, 0) is 0 Å². The van der Waals surface area contributed by atoms with Crippen LogP contribution in [0.15, 0.2) is 42.6 Å². The van der Waals surface area contributed by atoms with Crippen LogP contribution < -0.4 is 11.1 Å². The van der Waals surface area contributed by atoms with Crippen LogP contribution in [0.25, 0.3) is 0 Å². The van der Waals surface area contributed by atoms with E-state index in [0.717, 1.165) is 0 Å². The lowest BCUT2D eigenvalue weighted by Gasteiger charge is -2.14. The molecule has 98 valence electrons. The third kappa shape index (κ3) is 3.07. The molecule has 1 aromatic carbocycles. The molecular formula is C14H14FN3O. The van der Waals surface area contributed by atoms with E-state index in [-0.39, 0.29) is 23.5 Å². The smallest absolute Gasteiger partial charge is 0.272 e. The van der Waals surface area contributed by atoms with E-state index in [1.807, 2.05) is 0 Å². The zero-order valence-electron chi connectivity index (χ0n) is 10.4. The first-order chi connectivity index (χ1) is 9.08. The van der Waals surface area contributed by atoms with Gasteiger partial charge in [-0.15, -0.1) is 0 Å². The van der Waals surface area contributed by atoms with Crippen LogP contribution in [0.1, 0.15) is 29.0 Å². The quantitative estimate of drug-likeness (QED) is 0.888. The fourth-order valence-electron chi connectivity index (χ4n) is 1.73. The maximum absolute atomic E-state index is 13.1. The van der Waals surface area contributed by atoms with E-state index >= 15 is 0 Å². The summed E-state index contributed by atoms with van der Waals surface area (Å²) < 4.78 is 13.1. The number of amides is 1. The van der Waals surface area contributed by atoms with Gasteiger partial charge < -0.3 is 11.1 Å². The Kier molecular flexibility index (Phi) is 3.75. The van der Waals surface area contributed by atoms with Gasteiger partial charge in [0.05, 0.1) is 11.7 Å². The monoisotopic (exact) mass is 259 g/mol. The molecule has 1 amide bonds. The van der Waals surface area contributed by atoms with Gasteiger partial charge in [-0.2, -0.15) is 0 Å². The number of benzene rings is 1. The van der Waals surface area contributed by atoms with Gasteiger partial charge in [0.1, 0.15) is 5.82 Å². The molecule has 0 saturated carbocycles. The Balaban J connectivity index is 2.13. The third-order valence-electron chi connectivity index (χ3n) is 2.75. The second kappa shape index (κ2) is 5.48. The van der Waals surface area contributed by atoms with Crippen molar-refractivity contribution in [3.05, 3.63) is 59.7 Å². The molecule has 4 nitrogen and oxygen atoms in total. The Morgan fingerprint density at radius 2 is 2.16 bits per heavy atom. The second-order valence-electron chi connectivity index (χ2n) is 4.19. The number of nitrogens with two attached hydrogens (primary N) is 1. The number of nitrogen functional groups attached to an aromatic ring is 1. The normalized spacial score (nSPS) is 11.9. The maximum Gasteiger partial charge on any atom is 0.272 e. The molecule has 1 aromatic heterocycles. The Labute approximate surface area is 110 Å². The largest absolute Gasteiger partial charge is 0.397 e. The molecule has 0 aliphatic carbocycles. The van der Waals surface area contributed by atoms with Crippen molar-refractivity contribution in [3.63, 3.8) is 0 Å². The van der Waals surface area contributed by atoms with E-state index in [2.05, 4.69) is 10.3 Å². The molecule has 0 saturated heterocycles. The van der Waals surface area contributed by atoms with Crippen LogP contribution in [0.5, 0.6) is 0 Å². The van der Waals surface area contributed by atoms with E-state index in [9.17, 15) is 9.18 Å². The summed E-state index contributed by atoms with van der Waals surface area (Å²) in [5.41, 5.74) is 6.84. The summed E-state index contributed by atoms with van der Waals surface area (Å²) in [6.07, 6.45) is 1.50. The molecule has 5 heteroatoms. The van der Waals surface area contributed by atoms with E-state index in [1.165, 1.54) is 18.3 Å². The van der Waals surface area contributed by atoms with Gasteiger partial charge in [0.2, 0.25) is 0 Å². The number of hydrogen-bond donors (Lipinski definition) is 2. The Morgan fingerprint density at radius 1 is 1.37 bits per heavy atom. The number of aromatic nitrogens is 1. The van der Waals surface area contributed by atoms with Crippen molar-refractivity contribution in [2.45, 2.75) is 13.0 Å². The SMILES string of the molecule is C[C@H](NC(=O)c1ncccc1N)c1cccc(F)c1. The highest BCUT2D eigenvalue weighted by Crippen LogP contribution is 2.15. The molecule has 0 bridgehead atoms. The molecule has 3 N–H and O–H groups in total. The highest BCUT2D eigenvalue weighted by atomic mass is 19.1. The van der Waals surface area contributed by atoms with Crippen molar-refractivity contribution < 1.29 is 9.18 Å². The molecule has 0 spiro atoms. The average molecular weight is 259 g/mol. The lowest BCUT2D eigenvalue weighted by Crippen LogP contribution is -2.28. The maximum atomic E-state index is 13.1. The molecule has 0 radical (unpaired) electrons. The number of anilines is 1. The molecule has 0 aliphatic rings. The topological polar surface area (TPSA) is 68.0 Å². The van der Waals surface area contributed by atoms with Gasteiger partial charge in [0.25, 0.3) is 5.91 Å². The number of rotatable bonds is 3. The number of pyridine rings is 1. The zero-order valence-corrected chi connectivity index (χ0v) is 10.4. The molecule has 19 heavy (non-hydrogen) atoms. The Hall–Kier alpha value is -2.43.